The molecule has 0 fully saturated rings. The second-order valence-electron chi connectivity index (χ2n) is 3.70. The van der Waals surface area contributed by atoms with Crippen LogP contribution in [0.15, 0.2) is 36.5 Å². The molecule has 0 aliphatic heterocycles. The number of nitrogens with zero attached hydrogens (tertiary/aromatic N) is 1. The van der Waals surface area contributed by atoms with Gasteiger partial charge in [0.1, 0.15) is 5.69 Å². The number of carbonyl (C=O) groups is 1. The smallest absolute Gasteiger partial charge is 0.354 e. The molecule has 1 heterocycles. The molecule has 0 bridgehead atoms. The van der Waals surface area contributed by atoms with Gasteiger partial charge in [-0.1, -0.05) is 23.7 Å². The average molecular weight is 248 g/mol. The lowest BCUT2D eigenvalue weighted by Gasteiger charge is -2.04. The van der Waals surface area contributed by atoms with Gasteiger partial charge in [-0.2, -0.15) is 0 Å². The predicted octanol–water partition coefficient (Wildman–Crippen LogP) is 3.41. The van der Waals surface area contributed by atoms with Gasteiger partial charge < -0.3 is 5.11 Å². The number of hydrogen-bond donors (Lipinski definition) is 1. The normalized spacial score (nSPS) is 10.2. The molecule has 0 amide bonds. The SMILES string of the molecule is Cc1cc(-c2ccc(C(=O)O)nc2)ccc1Cl. The van der Waals surface area contributed by atoms with Crippen LogP contribution in [0.1, 0.15) is 16.1 Å². The number of pyridine rings is 1. The van der Waals surface area contributed by atoms with Crippen LogP contribution in [0.3, 0.4) is 0 Å². The summed E-state index contributed by atoms with van der Waals surface area (Å²) in [6, 6.07) is 8.87. The Hall–Kier alpha value is -1.87. The van der Waals surface area contributed by atoms with Crippen LogP contribution in [0.4, 0.5) is 0 Å². The summed E-state index contributed by atoms with van der Waals surface area (Å²) in [4.78, 5) is 14.5. The molecule has 0 aliphatic carbocycles. The Balaban J connectivity index is 2.39. The molecule has 1 aromatic carbocycles. The van der Waals surface area contributed by atoms with Crippen molar-refractivity contribution in [2.75, 3.05) is 0 Å². The highest BCUT2D eigenvalue weighted by Crippen LogP contribution is 2.24. The van der Waals surface area contributed by atoms with Crippen LogP contribution in [0, 0.1) is 6.92 Å². The van der Waals surface area contributed by atoms with Gasteiger partial charge in [-0.3, -0.25) is 0 Å². The lowest BCUT2D eigenvalue weighted by molar-refractivity contribution is 0.0690. The summed E-state index contributed by atoms with van der Waals surface area (Å²) >= 11 is 5.94. The Morgan fingerprint density at radius 2 is 1.94 bits per heavy atom. The van der Waals surface area contributed by atoms with Gasteiger partial charge in [0, 0.05) is 16.8 Å². The number of aromatic nitrogens is 1. The Morgan fingerprint density at radius 1 is 1.24 bits per heavy atom. The zero-order chi connectivity index (χ0) is 12.4. The standard InChI is InChI=1S/C13H10ClNO2/c1-8-6-9(2-4-11(8)14)10-3-5-12(13(16)17)15-7-10/h2-7H,1H3,(H,16,17). The van der Waals surface area contributed by atoms with E-state index < -0.39 is 5.97 Å². The van der Waals surface area contributed by atoms with Gasteiger partial charge in [0.05, 0.1) is 0 Å². The molecule has 0 aliphatic rings. The third-order valence-electron chi connectivity index (χ3n) is 2.47. The Bertz CT molecular complexity index is 564. The van der Waals surface area contributed by atoms with E-state index in [9.17, 15) is 4.79 Å². The number of aromatic carboxylic acids is 1. The van der Waals surface area contributed by atoms with Crippen molar-refractivity contribution in [1.82, 2.24) is 4.98 Å². The zero-order valence-electron chi connectivity index (χ0n) is 9.14. The fourth-order valence-corrected chi connectivity index (χ4v) is 1.63. The van der Waals surface area contributed by atoms with Crippen molar-refractivity contribution in [2.24, 2.45) is 0 Å². The van der Waals surface area contributed by atoms with E-state index in [0.29, 0.717) is 5.02 Å². The first kappa shape index (κ1) is 11.6. The molecular weight excluding hydrogens is 238 g/mol. The van der Waals surface area contributed by atoms with Crippen molar-refractivity contribution < 1.29 is 9.90 Å². The zero-order valence-corrected chi connectivity index (χ0v) is 9.90. The second-order valence-corrected chi connectivity index (χ2v) is 4.11. The molecule has 86 valence electrons. The van der Waals surface area contributed by atoms with Crippen LogP contribution >= 0.6 is 11.6 Å². The lowest BCUT2D eigenvalue weighted by Crippen LogP contribution is -1.99. The van der Waals surface area contributed by atoms with Crippen LogP contribution in [0.25, 0.3) is 11.1 Å². The van der Waals surface area contributed by atoms with Crippen LogP contribution in [0.2, 0.25) is 5.02 Å². The predicted molar refractivity (Wildman–Crippen MR) is 66.4 cm³/mol. The van der Waals surface area contributed by atoms with Crippen molar-refractivity contribution in [3.05, 3.63) is 52.8 Å². The van der Waals surface area contributed by atoms with Gasteiger partial charge in [0.15, 0.2) is 0 Å². The van der Waals surface area contributed by atoms with E-state index in [1.807, 2.05) is 25.1 Å². The van der Waals surface area contributed by atoms with Crippen LogP contribution in [-0.4, -0.2) is 16.1 Å². The minimum Gasteiger partial charge on any atom is -0.477 e. The van der Waals surface area contributed by atoms with Gasteiger partial charge in [0.25, 0.3) is 0 Å². The number of carboxylic acids is 1. The van der Waals surface area contributed by atoms with Gasteiger partial charge >= 0.3 is 5.97 Å². The fourth-order valence-electron chi connectivity index (χ4n) is 1.52. The van der Waals surface area contributed by atoms with Crippen molar-refractivity contribution >= 4 is 17.6 Å². The Kier molecular flexibility index (Phi) is 3.11. The van der Waals surface area contributed by atoms with E-state index in [1.54, 1.807) is 12.3 Å². The molecule has 2 aromatic rings. The number of carboxylic acid groups (broad SMARTS) is 1. The van der Waals surface area contributed by atoms with Crippen molar-refractivity contribution in [3.63, 3.8) is 0 Å². The van der Waals surface area contributed by atoms with Crippen LogP contribution in [0.5, 0.6) is 0 Å². The summed E-state index contributed by atoms with van der Waals surface area (Å²) < 4.78 is 0. The monoisotopic (exact) mass is 247 g/mol. The third kappa shape index (κ3) is 2.45. The van der Waals surface area contributed by atoms with E-state index in [2.05, 4.69) is 4.98 Å². The quantitative estimate of drug-likeness (QED) is 0.885. The average Bonchev–Trinajstić information content (AvgIpc) is 2.33. The molecule has 17 heavy (non-hydrogen) atoms. The molecule has 3 nitrogen and oxygen atoms in total. The topological polar surface area (TPSA) is 50.2 Å². The maximum absolute atomic E-state index is 10.7. The second kappa shape index (κ2) is 4.55. The van der Waals surface area contributed by atoms with Gasteiger partial charge in [-0.05, 0) is 36.2 Å². The van der Waals surface area contributed by atoms with Gasteiger partial charge in [0.2, 0.25) is 0 Å². The summed E-state index contributed by atoms with van der Waals surface area (Å²) in [7, 11) is 0. The molecule has 4 heteroatoms. The number of benzene rings is 1. The summed E-state index contributed by atoms with van der Waals surface area (Å²) in [6.07, 6.45) is 1.55. The molecular formula is C13H10ClNO2. The Morgan fingerprint density at radius 3 is 2.47 bits per heavy atom. The molecule has 0 radical (unpaired) electrons. The summed E-state index contributed by atoms with van der Waals surface area (Å²) in [5.74, 6) is -1.02. The van der Waals surface area contributed by atoms with Crippen molar-refractivity contribution in [1.29, 1.82) is 0 Å². The molecule has 0 atom stereocenters. The van der Waals surface area contributed by atoms with E-state index in [1.165, 1.54) is 6.07 Å². The van der Waals surface area contributed by atoms with E-state index in [0.717, 1.165) is 16.7 Å². The van der Waals surface area contributed by atoms with E-state index >= 15 is 0 Å². The fraction of sp³-hybridized carbons (Fsp3) is 0.0769. The largest absolute Gasteiger partial charge is 0.477 e. The molecule has 1 N–H and O–H groups in total. The maximum atomic E-state index is 10.7. The molecule has 0 unspecified atom stereocenters. The third-order valence-corrected chi connectivity index (χ3v) is 2.90. The minimum atomic E-state index is -1.02. The number of hydrogen-bond acceptors (Lipinski definition) is 2. The van der Waals surface area contributed by atoms with Gasteiger partial charge in [-0.25, -0.2) is 9.78 Å². The highest BCUT2D eigenvalue weighted by molar-refractivity contribution is 6.31. The molecule has 2 rings (SSSR count). The maximum Gasteiger partial charge on any atom is 0.354 e. The van der Waals surface area contributed by atoms with Crippen LogP contribution in [-0.2, 0) is 0 Å². The summed E-state index contributed by atoms with van der Waals surface area (Å²) in [5, 5.41) is 9.46. The first-order chi connectivity index (χ1) is 8.08. The summed E-state index contributed by atoms with van der Waals surface area (Å²) in [5.41, 5.74) is 2.86. The number of halogens is 1. The van der Waals surface area contributed by atoms with Crippen LogP contribution < -0.4 is 0 Å². The first-order valence-corrected chi connectivity index (χ1v) is 5.41. The molecule has 0 spiro atoms. The lowest BCUT2D eigenvalue weighted by atomic mass is 10.1. The number of aryl methyl sites for hydroxylation is 1. The molecule has 0 saturated heterocycles. The summed E-state index contributed by atoms with van der Waals surface area (Å²) in [6.45, 7) is 1.92. The van der Waals surface area contributed by atoms with Crippen molar-refractivity contribution in [2.45, 2.75) is 6.92 Å². The number of rotatable bonds is 2. The molecule has 1 aromatic heterocycles. The van der Waals surface area contributed by atoms with E-state index in [4.69, 9.17) is 16.7 Å². The Labute approximate surface area is 104 Å². The minimum absolute atomic E-state index is 0.0411. The van der Waals surface area contributed by atoms with Gasteiger partial charge in [-0.15, -0.1) is 0 Å². The molecule has 0 saturated carbocycles. The highest BCUT2D eigenvalue weighted by Gasteiger charge is 2.05. The highest BCUT2D eigenvalue weighted by atomic mass is 35.5. The van der Waals surface area contributed by atoms with Crippen molar-refractivity contribution in [3.8, 4) is 11.1 Å². The van der Waals surface area contributed by atoms with E-state index in [-0.39, 0.29) is 5.69 Å². The first-order valence-electron chi connectivity index (χ1n) is 5.04.